The zero-order chi connectivity index (χ0) is 41.4. The summed E-state index contributed by atoms with van der Waals surface area (Å²) >= 11 is 0. The Kier molecular flexibility index (Phi) is 7.91. The summed E-state index contributed by atoms with van der Waals surface area (Å²) < 4.78 is 2.37. The van der Waals surface area contributed by atoms with Crippen LogP contribution in [0.1, 0.15) is 0 Å². The second kappa shape index (κ2) is 14.1. The predicted molar refractivity (Wildman–Crippen MR) is 266 cm³/mol. The van der Waals surface area contributed by atoms with Gasteiger partial charge in [0.15, 0.2) is 0 Å². The zero-order valence-corrected chi connectivity index (χ0v) is 34.2. The van der Waals surface area contributed by atoms with Crippen LogP contribution in [0, 0.1) is 0 Å². The van der Waals surface area contributed by atoms with E-state index in [9.17, 15) is 0 Å². The summed E-state index contributed by atoms with van der Waals surface area (Å²) in [7, 11) is 0. The molecule has 2 aromatic heterocycles. The van der Waals surface area contributed by atoms with Gasteiger partial charge >= 0.3 is 0 Å². The number of fused-ring (bicyclic) bond motifs is 11. The van der Waals surface area contributed by atoms with Gasteiger partial charge < -0.3 is 4.57 Å². The normalized spacial score (nSPS) is 11.8. The Morgan fingerprint density at radius 2 is 0.746 bits per heavy atom. The Bertz CT molecular complexity index is 3940. The Hall–Kier alpha value is -8.40. The molecule has 63 heavy (non-hydrogen) atoms. The fraction of sp³-hybridized carbons (Fsp3) is 0. The monoisotopic (exact) mass is 799 g/mol. The minimum Gasteiger partial charge on any atom is -0.309 e. The maximum Gasteiger partial charge on any atom is 0.0979 e. The van der Waals surface area contributed by atoms with E-state index in [1.54, 1.807) is 0 Å². The summed E-state index contributed by atoms with van der Waals surface area (Å²) in [6, 6.07) is 79.2. The van der Waals surface area contributed by atoms with Crippen LogP contribution >= 0.6 is 0 Å². The van der Waals surface area contributed by atoms with Crippen LogP contribution in [0.2, 0.25) is 0 Å². The van der Waals surface area contributed by atoms with Gasteiger partial charge in [-0.05, 0) is 126 Å². The van der Waals surface area contributed by atoms with E-state index >= 15 is 0 Å². The summed E-state index contributed by atoms with van der Waals surface area (Å²) in [5, 5.41) is 12.1. The summed E-state index contributed by atoms with van der Waals surface area (Å²) in [6.45, 7) is 0. The van der Waals surface area contributed by atoms with Crippen molar-refractivity contribution in [3.05, 3.63) is 225 Å². The lowest BCUT2D eigenvalue weighted by Crippen LogP contribution is -1.92. The topological polar surface area (TPSA) is 30.7 Å². The Morgan fingerprint density at radius 1 is 0.286 bits per heavy atom. The van der Waals surface area contributed by atoms with Gasteiger partial charge in [-0.15, -0.1) is 0 Å². The van der Waals surface area contributed by atoms with Crippen LogP contribution in [0.15, 0.2) is 225 Å². The largest absolute Gasteiger partial charge is 0.309 e. The third-order valence-corrected chi connectivity index (χ3v) is 13.0. The third kappa shape index (κ3) is 5.82. The number of rotatable bonds is 5. The molecule has 0 saturated heterocycles. The number of hydrogen-bond acceptors (Lipinski definition) is 2. The van der Waals surface area contributed by atoms with E-state index in [4.69, 9.17) is 9.97 Å². The lowest BCUT2D eigenvalue weighted by atomic mass is 9.95. The van der Waals surface area contributed by atoms with E-state index in [2.05, 4.69) is 223 Å². The van der Waals surface area contributed by atoms with E-state index in [1.807, 2.05) is 6.20 Å². The average molecular weight is 800 g/mol. The van der Waals surface area contributed by atoms with Crippen molar-refractivity contribution in [2.75, 3.05) is 0 Å². The molecule has 0 aliphatic heterocycles. The van der Waals surface area contributed by atoms with Gasteiger partial charge in [0.05, 0.1) is 34.0 Å². The molecule has 0 N–H and O–H groups in total. The molecule has 2 heterocycles. The second-order valence-electron chi connectivity index (χ2n) is 16.6. The van der Waals surface area contributed by atoms with Gasteiger partial charge in [0.25, 0.3) is 0 Å². The lowest BCUT2D eigenvalue weighted by Gasteiger charge is -2.11. The van der Waals surface area contributed by atoms with Crippen LogP contribution in [0.3, 0.4) is 0 Å². The van der Waals surface area contributed by atoms with Crippen molar-refractivity contribution in [2.24, 2.45) is 0 Å². The molecular formula is C60H37N3. The summed E-state index contributed by atoms with van der Waals surface area (Å²) in [5.74, 6) is 0. The van der Waals surface area contributed by atoms with Gasteiger partial charge in [0.1, 0.15) is 0 Å². The number of nitrogens with zero attached hydrogens (tertiary/aromatic N) is 3. The molecule has 0 radical (unpaired) electrons. The Morgan fingerprint density at radius 3 is 1.37 bits per heavy atom. The van der Waals surface area contributed by atoms with Crippen molar-refractivity contribution >= 4 is 75.9 Å². The molecule has 11 aromatic carbocycles. The molecule has 0 fully saturated rings. The summed E-state index contributed by atoms with van der Waals surface area (Å²) in [4.78, 5) is 10.3. The minimum absolute atomic E-state index is 0.867. The molecule has 0 aliphatic carbocycles. The highest BCUT2D eigenvalue weighted by Crippen LogP contribution is 2.38. The lowest BCUT2D eigenvalue weighted by molar-refractivity contribution is 1.18. The van der Waals surface area contributed by atoms with Gasteiger partial charge in [0, 0.05) is 32.8 Å². The van der Waals surface area contributed by atoms with Gasteiger partial charge in [-0.1, -0.05) is 158 Å². The fourth-order valence-electron chi connectivity index (χ4n) is 9.84. The zero-order valence-electron chi connectivity index (χ0n) is 34.2. The maximum absolute atomic E-state index is 5.25. The first-order chi connectivity index (χ1) is 31.2. The van der Waals surface area contributed by atoms with E-state index in [0.29, 0.717) is 0 Å². The fourth-order valence-corrected chi connectivity index (χ4v) is 9.84. The summed E-state index contributed by atoms with van der Waals surface area (Å²) in [5.41, 5.74) is 14.6. The van der Waals surface area contributed by atoms with Crippen molar-refractivity contribution in [2.45, 2.75) is 0 Å². The smallest absolute Gasteiger partial charge is 0.0979 e. The van der Waals surface area contributed by atoms with E-state index < -0.39 is 0 Å². The molecule has 0 saturated carbocycles. The Balaban J connectivity index is 0.799. The standard InChI is InChI=1S/C60H37N3/c1-2-13-49(14-3-1)63-57-20-9-8-17-52(57)55-36-47(29-30-58(55)63)46-28-27-44-33-43(25-26-45(44)34-46)42-24-23-40-31-39(21-22-41(40)32-42)38-11-10-12-48(35-38)56-37-61-59-53-18-6-4-15-50(53)51-16-5-7-19-54(51)60(59)62-56/h1-37H. The minimum atomic E-state index is 0.867. The highest BCUT2D eigenvalue weighted by Gasteiger charge is 2.15. The highest BCUT2D eigenvalue weighted by molar-refractivity contribution is 6.23. The molecule has 0 atom stereocenters. The van der Waals surface area contributed by atoms with Crippen LogP contribution in [0.4, 0.5) is 0 Å². The van der Waals surface area contributed by atoms with Gasteiger partial charge in [-0.25, -0.2) is 4.98 Å². The molecule has 292 valence electrons. The number of aromatic nitrogens is 3. The van der Waals surface area contributed by atoms with Crippen molar-refractivity contribution in [1.29, 1.82) is 0 Å². The SMILES string of the molecule is c1ccc(-n2c3ccccc3c3cc(-c4ccc5cc(-c6ccc7cc(-c8cccc(-c9cnc%10c%11ccccc%11c%11ccccc%11c%10n9)c8)ccc7c6)ccc5c4)ccc32)cc1. The van der Waals surface area contributed by atoms with Crippen molar-refractivity contribution in [3.63, 3.8) is 0 Å². The van der Waals surface area contributed by atoms with Crippen LogP contribution in [0.25, 0.3) is 126 Å². The number of hydrogen-bond donors (Lipinski definition) is 0. The van der Waals surface area contributed by atoms with E-state index in [1.165, 1.54) is 87.6 Å². The molecule has 0 aliphatic rings. The summed E-state index contributed by atoms with van der Waals surface area (Å²) in [6.07, 6.45) is 1.92. The van der Waals surface area contributed by atoms with Crippen LogP contribution in [0.5, 0.6) is 0 Å². The number of benzene rings is 11. The number of para-hydroxylation sites is 2. The Labute approximate surface area is 363 Å². The van der Waals surface area contributed by atoms with E-state index in [-0.39, 0.29) is 0 Å². The molecule has 13 aromatic rings. The van der Waals surface area contributed by atoms with Crippen molar-refractivity contribution in [3.8, 4) is 50.3 Å². The maximum atomic E-state index is 5.25. The quantitative estimate of drug-likeness (QED) is 0.162. The van der Waals surface area contributed by atoms with E-state index in [0.717, 1.165) is 38.6 Å². The van der Waals surface area contributed by atoms with Crippen LogP contribution < -0.4 is 0 Å². The van der Waals surface area contributed by atoms with Crippen LogP contribution in [-0.2, 0) is 0 Å². The molecule has 13 rings (SSSR count). The predicted octanol–water partition coefficient (Wildman–Crippen LogP) is 16.0. The highest BCUT2D eigenvalue weighted by atomic mass is 15.0. The van der Waals surface area contributed by atoms with Crippen molar-refractivity contribution in [1.82, 2.24) is 14.5 Å². The molecular weight excluding hydrogens is 763 g/mol. The molecule has 0 spiro atoms. The molecule has 3 nitrogen and oxygen atoms in total. The molecule has 0 bridgehead atoms. The molecule has 0 unspecified atom stereocenters. The van der Waals surface area contributed by atoms with Gasteiger partial charge in [-0.3, -0.25) is 4.98 Å². The third-order valence-electron chi connectivity index (χ3n) is 13.0. The first kappa shape index (κ1) is 35.4. The molecule has 0 amide bonds. The first-order valence-corrected chi connectivity index (χ1v) is 21.5. The van der Waals surface area contributed by atoms with Crippen LogP contribution in [-0.4, -0.2) is 14.5 Å². The molecule has 3 heteroatoms. The first-order valence-electron chi connectivity index (χ1n) is 21.5. The average Bonchev–Trinajstić information content (AvgIpc) is 3.69. The van der Waals surface area contributed by atoms with Gasteiger partial charge in [-0.2, -0.15) is 0 Å². The van der Waals surface area contributed by atoms with Crippen molar-refractivity contribution < 1.29 is 0 Å². The van der Waals surface area contributed by atoms with Gasteiger partial charge in [0.2, 0.25) is 0 Å². The second-order valence-corrected chi connectivity index (χ2v) is 16.6.